The van der Waals surface area contributed by atoms with E-state index in [1.807, 2.05) is 0 Å². The average Bonchev–Trinajstić information content (AvgIpc) is 2.28. The zero-order chi connectivity index (χ0) is 12.7. The average molecular weight is 236 g/mol. The first-order valence-corrected chi connectivity index (χ1v) is 7.04. The summed E-state index contributed by atoms with van der Waals surface area (Å²) in [4.78, 5) is 2.63. The van der Waals surface area contributed by atoms with Crippen molar-refractivity contribution in [2.24, 2.45) is 5.92 Å². The smallest absolute Gasteiger partial charge is 0.0198 e. The summed E-state index contributed by atoms with van der Waals surface area (Å²) in [6.45, 7) is 10.5. The molecule has 1 aliphatic heterocycles. The molecule has 0 aromatic rings. The summed E-state index contributed by atoms with van der Waals surface area (Å²) in [5.41, 5.74) is 0. The fourth-order valence-electron chi connectivity index (χ4n) is 2.57. The summed E-state index contributed by atoms with van der Waals surface area (Å²) in [7, 11) is 0. The molecule has 0 aromatic carbocycles. The van der Waals surface area contributed by atoms with E-state index >= 15 is 0 Å². The van der Waals surface area contributed by atoms with Crippen LogP contribution in [0.4, 0.5) is 0 Å². The SMILES string of the molecule is C#CCCCCN1CC(CC(C)C)NCC1C. The lowest BCUT2D eigenvalue weighted by atomic mass is 10.00. The Kier molecular flexibility index (Phi) is 6.62. The van der Waals surface area contributed by atoms with Gasteiger partial charge in [-0.25, -0.2) is 0 Å². The third-order valence-corrected chi connectivity index (χ3v) is 3.55. The minimum atomic E-state index is 0.671. The van der Waals surface area contributed by atoms with Crippen LogP contribution < -0.4 is 5.32 Å². The molecule has 1 rings (SSSR count). The Labute approximate surface area is 107 Å². The highest BCUT2D eigenvalue weighted by Gasteiger charge is 2.24. The van der Waals surface area contributed by atoms with Crippen LogP contribution in [0.15, 0.2) is 0 Å². The van der Waals surface area contributed by atoms with Crippen LogP contribution in [0, 0.1) is 18.3 Å². The van der Waals surface area contributed by atoms with Gasteiger partial charge in [-0.1, -0.05) is 13.8 Å². The van der Waals surface area contributed by atoms with Crippen molar-refractivity contribution in [1.82, 2.24) is 10.2 Å². The molecule has 2 heteroatoms. The Morgan fingerprint density at radius 2 is 2.18 bits per heavy atom. The van der Waals surface area contributed by atoms with Crippen molar-refractivity contribution in [2.45, 2.75) is 58.5 Å². The fourth-order valence-corrected chi connectivity index (χ4v) is 2.57. The van der Waals surface area contributed by atoms with Gasteiger partial charge < -0.3 is 5.32 Å². The molecule has 98 valence electrons. The molecule has 0 aromatic heterocycles. The number of terminal acetylenes is 1. The van der Waals surface area contributed by atoms with E-state index in [9.17, 15) is 0 Å². The molecule has 1 N–H and O–H groups in total. The van der Waals surface area contributed by atoms with Crippen molar-refractivity contribution in [2.75, 3.05) is 19.6 Å². The van der Waals surface area contributed by atoms with Gasteiger partial charge in [-0.05, 0) is 38.6 Å². The number of piperazine rings is 1. The highest BCUT2D eigenvalue weighted by molar-refractivity contribution is 4.86. The predicted octanol–water partition coefficient (Wildman–Crippen LogP) is 2.50. The van der Waals surface area contributed by atoms with Crippen LogP contribution >= 0.6 is 0 Å². The van der Waals surface area contributed by atoms with E-state index in [2.05, 4.69) is 36.9 Å². The molecule has 17 heavy (non-hydrogen) atoms. The first-order valence-electron chi connectivity index (χ1n) is 7.04. The van der Waals surface area contributed by atoms with Gasteiger partial charge in [-0.2, -0.15) is 0 Å². The zero-order valence-corrected chi connectivity index (χ0v) is 11.7. The van der Waals surface area contributed by atoms with Crippen molar-refractivity contribution < 1.29 is 0 Å². The molecule has 0 amide bonds. The lowest BCUT2D eigenvalue weighted by Gasteiger charge is -2.39. The first-order chi connectivity index (χ1) is 8.13. The number of unbranched alkanes of at least 4 members (excludes halogenated alkanes) is 2. The van der Waals surface area contributed by atoms with Gasteiger partial charge in [0.1, 0.15) is 0 Å². The molecule has 1 saturated heterocycles. The van der Waals surface area contributed by atoms with Gasteiger partial charge in [-0.3, -0.25) is 4.90 Å². The molecule has 2 unspecified atom stereocenters. The quantitative estimate of drug-likeness (QED) is 0.563. The van der Waals surface area contributed by atoms with Crippen molar-refractivity contribution in [3.05, 3.63) is 0 Å². The van der Waals surface area contributed by atoms with E-state index in [0.29, 0.717) is 12.1 Å². The molecule has 1 heterocycles. The maximum absolute atomic E-state index is 5.28. The Hall–Kier alpha value is -0.520. The molecule has 1 aliphatic rings. The second kappa shape index (κ2) is 7.74. The topological polar surface area (TPSA) is 15.3 Å². The third kappa shape index (κ3) is 5.57. The Balaban J connectivity index is 2.28. The molecule has 0 saturated carbocycles. The van der Waals surface area contributed by atoms with E-state index in [1.165, 1.54) is 32.4 Å². The third-order valence-electron chi connectivity index (χ3n) is 3.55. The fraction of sp³-hybridized carbons (Fsp3) is 0.867. The van der Waals surface area contributed by atoms with Gasteiger partial charge in [0.05, 0.1) is 0 Å². The van der Waals surface area contributed by atoms with Crippen LogP contribution in [0.3, 0.4) is 0 Å². The maximum atomic E-state index is 5.28. The van der Waals surface area contributed by atoms with Crippen molar-refractivity contribution in [3.63, 3.8) is 0 Å². The van der Waals surface area contributed by atoms with Gasteiger partial charge in [0.15, 0.2) is 0 Å². The highest BCUT2D eigenvalue weighted by Crippen LogP contribution is 2.14. The second-order valence-electron chi connectivity index (χ2n) is 5.74. The van der Waals surface area contributed by atoms with E-state index in [4.69, 9.17) is 6.42 Å². The van der Waals surface area contributed by atoms with Crippen molar-refractivity contribution in [3.8, 4) is 12.3 Å². The lowest BCUT2D eigenvalue weighted by Crippen LogP contribution is -2.55. The van der Waals surface area contributed by atoms with E-state index in [1.54, 1.807) is 0 Å². The van der Waals surface area contributed by atoms with Crippen LogP contribution in [0.25, 0.3) is 0 Å². The maximum Gasteiger partial charge on any atom is 0.0198 e. The molecule has 0 bridgehead atoms. The van der Waals surface area contributed by atoms with Crippen molar-refractivity contribution in [1.29, 1.82) is 0 Å². The van der Waals surface area contributed by atoms with Gasteiger partial charge in [0, 0.05) is 31.6 Å². The lowest BCUT2D eigenvalue weighted by molar-refractivity contribution is 0.130. The molecule has 2 atom stereocenters. The van der Waals surface area contributed by atoms with Crippen LogP contribution in [0.1, 0.15) is 46.5 Å². The summed E-state index contributed by atoms with van der Waals surface area (Å²) in [5, 5.41) is 3.66. The number of hydrogen-bond donors (Lipinski definition) is 1. The number of nitrogens with one attached hydrogen (secondary N) is 1. The Bertz CT molecular complexity index is 242. The number of hydrogen-bond acceptors (Lipinski definition) is 2. The number of nitrogens with zero attached hydrogens (tertiary/aromatic N) is 1. The predicted molar refractivity (Wildman–Crippen MR) is 75.0 cm³/mol. The molecule has 0 aliphatic carbocycles. The van der Waals surface area contributed by atoms with Crippen LogP contribution in [-0.2, 0) is 0 Å². The van der Waals surface area contributed by atoms with Crippen LogP contribution in [-0.4, -0.2) is 36.6 Å². The van der Waals surface area contributed by atoms with Gasteiger partial charge in [0.2, 0.25) is 0 Å². The minimum Gasteiger partial charge on any atom is -0.311 e. The zero-order valence-electron chi connectivity index (χ0n) is 11.7. The molecule has 0 spiro atoms. The molecular formula is C15H28N2. The molecule has 0 radical (unpaired) electrons. The summed E-state index contributed by atoms with van der Waals surface area (Å²) in [5.74, 6) is 3.50. The van der Waals surface area contributed by atoms with Gasteiger partial charge in [-0.15, -0.1) is 12.3 Å². The highest BCUT2D eigenvalue weighted by atomic mass is 15.2. The van der Waals surface area contributed by atoms with Crippen LogP contribution in [0.2, 0.25) is 0 Å². The molecule has 2 nitrogen and oxygen atoms in total. The monoisotopic (exact) mass is 236 g/mol. The largest absolute Gasteiger partial charge is 0.311 e. The van der Waals surface area contributed by atoms with Crippen LogP contribution in [0.5, 0.6) is 0 Å². The first kappa shape index (κ1) is 14.5. The van der Waals surface area contributed by atoms with E-state index in [0.717, 1.165) is 18.9 Å². The Morgan fingerprint density at radius 1 is 1.41 bits per heavy atom. The summed E-state index contributed by atoms with van der Waals surface area (Å²) in [6.07, 6.45) is 9.90. The second-order valence-corrected chi connectivity index (χ2v) is 5.74. The standard InChI is InChI=1S/C15H28N2/c1-5-6-7-8-9-17-12-15(10-13(2)3)16-11-14(17)4/h1,13-16H,6-12H2,2-4H3. The van der Waals surface area contributed by atoms with E-state index in [-0.39, 0.29) is 0 Å². The van der Waals surface area contributed by atoms with Crippen molar-refractivity contribution >= 4 is 0 Å². The molecular weight excluding hydrogens is 208 g/mol. The summed E-state index contributed by atoms with van der Waals surface area (Å²) < 4.78 is 0. The van der Waals surface area contributed by atoms with E-state index < -0.39 is 0 Å². The van der Waals surface area contributed by atoms with Gasteiger partial charge in [0.25, 0.3) is 0 Å². The molecule has 1 fully saturated rings. The van der Waals surface area contributed by atoms with Gasteiger partial charge >= 0.3 is 0 Å². The minimum absolute atomic E-state index is 0.671. The summed E-state index contributed by atoms with van der Waals surface area (Å²) in [6, 6.07) is 1.35. The Morgan fingerprint density at radius 3 is 2.82 bits per heavy atom. The summed E-state index contributed by atoms with van der Waals surface area (Å²) >= 11 is 0. The number of rotatable bonds is 6. The normalized spacial score (nSPS) is 26.1.